The number of hydrogen-bond donors (Lipinski definition) is 0. The van der Waals surface area contributed by atoms with Gasteiger partial charge in [-0.05, 0) is 68.8 Å². The summed E-state index contributed by atoms with van der Waals surface area (Å²) in [5, 5.41) is 0. The highest BCUT2D eigenvalue weighted by Gasteiger charge is 2.32. The summed E-state index contributed by atoms with van der Waals surface area (Å²) < 4.78 is 17.5. The van der Waals surface area contributed by atoms with Crippen molar-refractivity contribution in [3.8, 4) is 0 Å². The highest BCUT2D eigenvalue weighted by Crippen LogP contribution is 2.37. The monoisotopic (exact) mass is 284 g/mol. The summed E-state index contributed by atoms with van der Waals surface area (Å²) in [5.74, 6) is 1.84. The van der Waals surface area contributed by atoms with Crippen LogP contribution in [0.4, 0.5) is 0 Å². The molecule has 2 rings (SSSR count). The lowest BCUT2D eigenvalue weighted by Gasteiger charge is -2.36. The Bertz CT molecular complexity index is 330. The number of hydrogen-bond acceptors (Lipinski definition) is 2. The summed E-state index contributed by atoms with van der Waals surface area (Å²) in [7, 11) is -0.571. The van der Waals surface area contributed by atoms with E-state index in [1.165, 1.54) is 50.5 Å². The van der Waals surface area contributed by atoms with Crippen molar-refractivity contribution in [1.29, 1.82) is 0 Å². The third kappa shape index (κ3) is 4.62. The fourth-order valence-electron chi connectivity index (χ4n) is 3.40. The molecule has 0 aromatic rings. The van der Waals surface area contributed by atoms with E-state index in [4.69, 9.17) is 4.74 Å². The highest BCUT2D eigenvalue weighted by atomic mass is 32.2. The molecule has 1 saturated heterocycles. The molecule has 3 heteroatoms. The Kier molecular flexibility index (Phi) is 5.93. The first-order valence-corrected chi connectivity index (χ1v) is 9.37. The molecule has 2 atom stereocenters. The zero-order chi connectivity index (χ0) is 13.6. The van der Waals surface area contributed by atoms with Crippen LogP contribution in [0.5, 0.6) is 0 Å². The maximum atomic E-state index is 11.8. The van der Waals surface area contributed by atoms with Crippen molar-refractivity contribution in [1.82, 2.24) is 0 Å². The van der Waals surface area contributed by atoms with Gasteiger partial charge < -0.3 is 4.74 Å². The maximum absolute atomic E-state index is 11.8. The first-order chi connectivity index (χ1) is 9.24. The van der Waals surface area contributed by atoms with Crippen molar-refractivity contribution in [2.45, 2.75) is 64.7 Å². The summed E-state index contributed by atoms with van der Waals surface area (Å²) in [5.41, 5.74) is 1.83. The van der Waals surface area contributed by atoms with Gasteiger partial charge in [0.25, 0.3) is 0 Å². The minimum Gasteiger partial charge on any atom is -0.501 e. The lowest BCUT2D eigenvalue weighted by atomic mass is 9.78. The van der Waals surface area contributed by atoms with Gasteiger partial charge in [0.15, 0.2) is 0 Å². The van der Waals surface area contributed by atoms with E-state index in [0.717, 1.165) is 31.0 Å². The molecule has 0 bridgehead atoms. The molecular formula is C16H28O2S. The predicted octanol–water partition coefficient (Wildman–Crippen LogP) is 4.18. The van der Waals surface area contributed by atoms with Gasteiger partial charge in [0.1, 0.15) is 0 Å². The first kappa shape index (κ1) is 15.1. The molecule has 110 valence electrons. The summed E-state index contributed by atoms with van der Waals surface area (Å²) in [6.07, 6.45) is 13.0. The van der Waals surface area contributed by atoms with Crippen LogP contribution in [0, 0.1) is 5.41 Å². The standard InChI is InChI=1S/C16H28O2S/c1-2-16(10-6-12-19(17)14-16)9-5-11-18-13-15-7-3-4-8-15/h13H,2-12,14H2,1H3. The van der Waals surface area contributed by atoms with Gasteiger partial charge in [-0.15, -0.1) is 0 Å². The molecule has 2 fully saturated rings. The van der Waals surface area contributed by atoms with Crippen LogP contribution in [0.1, 0.15) is 64.7 Å². The second kappa shape index (κ2) is 7.47. The van der Waals surface area contributed by atoms with Gasteiger partial charge in [-0.25, -0.2) is 0 Å². The van der Waals surface area contributed by atoms with Crippen LogP contribution in [-0.4, -0.2) is 22.3 Å². The second-order valence-corrected chi connectivity index (χ2v) is 7.78. The summed E-state index contributed by atoms with van der Waals surface area (Å²) in [4.78, 5) is 0. The molecule has 0 aromatic carbocycles. The third-order valence-electron chi connectivity index (χ3n) is 4.76. The van der Waals surface area contributed by atoms with Crippen LogP contribution < -0.4 is 0 Å². The number of rotatable bonds is 6. The Morgan fingerprint density at radius 1 is 1.32 bits per heavy atom. The molecule has 1 saturated carbocycles. The molecule has 1 aliphatic heterocycles. The number of allylic oxidation sites excluding steroid dienone is 1. The first-order valence-electron chi connectivity index (χ1n) is 7.89. The van der Waals surface area contributed by atoms with E-state index in [1.54, 1.807) is 0 Å². The smallest absolute Gasteiger partial charge is 0.0873 e. The van der Waals surface area contributed by atoms with E-state index in [-0.39, 0.29) is 0 Å². The van der Waals surface area contributed by atoms with Gasteiger partial charge in [0.2, 0.25) is 0 Å². The van der Waals surface area contributed by atoms with Gasteiger partial charge >= 0.3 is 0 Å². The van der Waals surface area contributed by atoms with Crippen molar-refractivity contribution in [2.24, 2.45) is 5.41 Å². The van der Waals surface area contributed by atoms with E-state index < -0.39 is 10.8 Å². The van der Waals surface area contributed by atoms with Crippen LogP contribution in [-0.2, 0) is 15.5 Å². The van der Waals surface area contributed by atoms with Crippen molar-refractivity contribution in [3.05, 3.63) is 11.8 Å². The van der Waals surface area contributed by atoms with Crippen LogP contribution in [0.15, 0.2) is 11.8 Å². The molecule has 0 spiro atoms. The fraction of sp³-hybridized carbons (Fsp3) is 0.875. The Morgan fingerprint density at radius 3 is 2.79 bits per heavy atom. The van der Waals surface area contributed by atoms with E-state index in [9.17, 15) is 4.21 Å². The molecule has 0 amide bonds. The quantitative estimate of drug-likeness (QED) is 0.540. The zero-order valence-electron chi connectivity index (χ0n) is 12.3. The van der Waals surface area contributed by atoms with E-state index in [1.807, 2.05) is 6.26 Å². The molecule has 19 heavy (non-hydrogen) atoms. The lowest BCUT2D eigenvalue weighted by molar-refractivity contribution is 0.191. The van der Waals surface area contributed by atoms with Crippen LogP contribution >= 0.6 is 0 Å². The van der Waals surface area contributed by atoms with E-state index in [0.29, 0.717) is 5.41 Å². The average Bonchev–Trinajstić information content (AvgIpc) is 2.91. The minimum atomic E-state index is -0.571. The van der Waals surface area contributed by atoms with Crippen LogP contribution in [0.25, 0.3) is 0 Å². The second-order valence-electron chi connectivity index (χ2n) is 6.20. The zero-order valence-corrected chi connectivity index (χ0v) is 13.1. The Labute approximate surface area is 120 Å². The van der Waals surface area contributed by atoms with Crippen molar-refractivity contribution in [2.75, 3.05) is 18.1 Å². The molecule has 2 unspecified atom stereocenters. The van der Waals surface area contributed by atoms with E-state index in [2.05, 4.69) is 6.92 Å². The Hall–Kier alpha value is -0.310. The van der Waals surface area contributed by atoms with Gasteiger partial charge in [0, 0.05) is 22.3 Å². The topological polar surface area (TPSA) is 26.3 Å². The Balaban J connectivity index is 1.68. The molecule has 0 N–H and O–H groups in total. The summed E-state index contributed by atoms with van der Waals surface area (Å²) >= 11 is 0. The predicted molar refractivity (Wildman–Crippen MR) is 81.6 cm³/mol. The van der Waals surface area contributed by atoms with E-state index >= 15 is 0 Å². The maximum Gasteiger partial charge on any atom is 0.0873 e. The minimum absolute atomic E-state index is 0.340. The lowest BCUT2D eigenvalue weighted by Crippen LogP contribution is -2.33. The molecule has 2 nitrogen and oxygen atoms in total. The number of ether oxygens (including phenoxy) is 1. The largest absolute Gasteiger partial charge is 0.501 e. The third-order valence-corrected chi connectivity index (χ3v) is 6.44. The molecule has 1 aliphatic carbocycles. The van der Waals surface area contributed by atoms with Crippen molar-refractivity contribution < 1.29 is 8.95 Å². The van der Waals surface area contributed by atoms with Crippen molar-refractivity contribution >= 4 is 10.8 Å². The van der Waals surface area contributed by atoms with Gasteiger partial charge in [-0.3, -0.25) is 4.21 Å². The van der Waals surface area contributed by atoms with Gasteiger partial charge in [0.05, 0.1) is 12.9 Å². The fourth-order valence-corrected chi connectivity index (χ4v) is 5.19. The normalized spacial score (nSPS) is 31.4. The Morgan fingerprint density at radius 2 is 2.11 bits per heavy atom. The van der Waals surface area contributed by atoms with Crippen molar-refractivity contribution in [3.63, 3.8) is 0 Å². The molecule has 1 heterocycles. The molecular weight excluding hydrogens is 256 g/mol. The molecule has 2 aliphatic rings. The summed E-state index contributed by atoms with van der Waals surface area (Å²) in [6.45, 7) is 3.09. The average molecular weight is 284 g/mol. The van der Waals surface area contributed by atoms with Gasteiger partial charge in [-0.1, -0.05) is 6.92 Å². The highest BCUT2D eigenvalue weighted by molar-refractivity contribution is 7.85. The molecule has 0 radical (unpaired) electrons. The summed E-state index contributed by atoms with van der Waals surface area (Å²) in [6, 6.07) is 0. The SMILES string of the molecule is CCC1(CCCOC=C2CCCC2)CCCS(=O)C1. The van der Waals surface area contributed by atoms with Crippen LogP contribution in [0.3, 0.4) is 0 Å². The molecule has 0 aromatic heterocycles. The van der Waals surface area contributed by atoms with Crippen LogP contribution in [0.2, 0.25) is 0 Å². The van der Waals surface area contributed by atoms with Gasteiger partial charge in [-0.2, -0.15) is 0 Å².